The second-order valence-corrected chi connectivity index (χ2v) is 12.3. The lowest BCUT2D eigenvalue weighted by molar-refractivity contribution is 0.00578. The van der Waals surface area contributed by atoms with Crippen molar-refractivity contribution in [3.63, 3.8) is 0 Å². The Labute approximate surface area is 230 Å². The number of para-hydroxylation sites is 2. The van der Waals surface area contributed by atoms with Crippen molar-refractivity contribution in [1.82, 2.24) is 0 Å². The summed E-state index contributed by atoms with van der Waals surface area (Å²) in [5.41, 5.74) is 7.79. The maximum absolute atomic E-state index is 6.57. The van der Waals surface area contributed by atoms with Crippen LogP contribution in [-0.2, 0) is 14.7 Å². The van der Waals surface area contributed by atoms with Gasteiger partial charge in [0.2, 0.25) is 0 Å². The average Bonchev–Trinajstić information content (AvgIpc) is 3.33. The molecule has 8 rings (SSSR count). The van der Waals surface area contributed by atoms with Crippen LogP contribution in [0.15, 0.2) is 102 Å². The van der Waals surface area contributed by atoms with Gasteiger partial charge in [-0.05, 0) is 103 Å². The van der Waals surface area contributed by atoms with Crippen molar-refractivity contribution in [2.24, 2.45) is 0 Å². The van der Waals surface area contributed by atoms with Gasteiger partial charge in [0.1, 0.15) is 11.5 Å². The van der Waals surface area contributed by atoms with Crippen molar-refractivity contribution in [1.29, 1.82) is 0 Å². The molecule has 1 spiro atoms. The average molecular weight is 510 g/mol. The standard InChI is InChI=1S/C35H31BO3/c1-33(2)34(3,4)39-36(38-33)24-17-18-25-26-19-22-11-5-6-12-23(22)20-29(26)35(30(25)21-24)27-13-7-9-15-31(27)37-32-16-10-8-14-28(32)35/h5-16,19-21H,17-18H2,1-4H3. The van der Waals surface area contributed by atoms with E-state index in [1.165, 1.54) is 49.6 Å². The molecule has 0 saturated carbocycles. The minimum Gasteiger partial charge on any atom is -0.457 e. The van der Waals surface area contributed by atoms with Crippen LogP contribution in [0.1, 0.15) is 62.8 Å². The fraction of sp³-hybridized carbons (Fsp3) is 0.257. The molecule has 39 heavy (non-hydrogen) atoms. The van der Waals surface area contributed by atoms with Gasteiger partial charge >= 0.3 is 7.12 Å². The zero-order chi connectivity index (χ0) is 26.6. The molecule has 2 aliphatic carbocycles. The maximum Gasteiger partial charge on any atom is 0.490 e. The highest BCUT2D eigenvalue weighted by Crippen LogP contribution is 2.63. The summed E-state index contributed by atoms with van der Waals surface area (Å²) in [4.78, 5) is 0. The Kier molecular flexibility index (Phi) is 4.63. The van der Waals surface area contributed by atoms with Crippen LogP contribution in [0, 0.1) is 0 Å². The van der Waals surface area contributed by atoms with Crippen molar-refractivity contribution >= 4 is 23.5 Å². The third kappa shape index (κ3) is 3.02. The molecule has 0 N–H and O–H groups in total. The molecule has 192 valence electrons. The Bertz CT molecular complexity index is 1700. The highest BCUT2D eigenvalue weighted by Gasteiger charge is 2.56. The van der Waals surface area contributed by atoms with Crippen LogP contribution < -0.4 is 4.74 Å². The zero-order valence-electron chi connectivity index (χ0n) is 22.9. The van der Waals surface area contributed by atoms with E-state index in [1.54, 1.807) is 0 Å². The molecule has 1 saturated heterocycles. The predicted molar refractivity (Wildman–Crippen MR) is 157 cm³/mol. The van der Waals surface area contributed by atoms with Crippen LogP contribution in [0.4, 0.5) is 0 Å². The fourth-order valence-electron chi connectivity index (χ4n) is 7.06. The van der Waals surface area contributed by atoms with Crippen molar-refractivity contribution < 1.29 is 14.0 Å². The van der Waals surface area contributed by atoms with E-state index in [2.05, 4.69) is 119 Å². The number of rotatable bonds is 1. The summed E-state index contributed by atoms with van der Waals surface area (Å²) in [5.74, 6) is 1.83. The molecule has 0 aromatic heterocycles. The monoisotopic (exact) mass is 510 g/mol. The zero-order valence-corrected chi connectivity index (χ0v) is 22.9. The first-order valence-corrected chi connectivity index (χ1v) is 14.0. The van der Waals surface area contributed by atoms with Gasteiger partial charge in [-0.1, -0.05) is 66.7 Å². The lowest BCUT2D eigenvalue weighted by Crippen LogP contribution is -2.41. The minimum atomic E-state index is -0.477. The fourth-order valence-corrected chi connectivity index (χ4v) is 7.06. The smallest absolute Gasteiger partial charge is 0.457 e. The molecule has 0 amide bonds. The van der Waals surface area contributed by atoms with E-state index in [0.29, 0.717) is 0 Å². The van der Waals surface area contributed by atoms with E-state index in [4.69, 9.17) is 14.0 Å². The van der Waals surface area contributed by atoms with Gasteiger partial charge in [-0.2, -0.15) is 0 Å². The predicted octanol–water partition coefficient (Wildman–Crippen LogP) is 8.40. The molecule has 1 fully saturated rings. The molecule has 3 nitrogen and oxygen atoms in total. The quantitative estimate of drug-likeness (QED) is 0.241. The largest absolute Gasteiger partial charge is 0.490 e. The van der Waals surface area contributed by atoms with Gasteiger partial charge < -0.3 is 14.0 Å². The first-order valence-electron chi connectivity index (χ1n) is 14.0. The van der Waals surface area contributed by atoms with Gasteiger partial charge in [-0.25, -0.2) is 0 Å². The van der Waals surface area contributed by atoms with Gasteiger partial charge in [-0.3, -0.25) is 0 Å². The lowest BCUT2D eigenvalue weighted by atomic mass is 9.62. The van der Waals surface area contributed by atoms with Crippen molar-refractivity contribution in [2.45, 2.75) is 57.2 Å². The van der Waals surface area contributed by atoms with Gasteiger partial charge in [0.25, 0.3) is 0 Å². The molecule has 0 unspecified atom stereocenters. The van der Waals surface area contributed by atoms with Crippen LogP contribution in [0.25, 0.3) is 16.3 Å². The number of ether oxygens (including phenoxy) is 1. The SMILES string of the molecule is CC1(C)OB(C2=CC3=C(CC2)c2cc4ccccc4cc2C32c3ccccc3Oc3ccccc32)OC1(C)C. The van der Waals surface area contributed by atoms with E-state index in [-0.39, 0.29) is 18.3 Å². The summed E-state index contributed by atoms with van der Waals surface area (Å²) in [6.45, 7) is 8.52. The van der Waals surface area contributed by atoms with Gasteiger partial charge in [0, 0.05) is 11.1 Å². The molecule has 4 heteroatoms. The molecule has 2 aliphatic heterocycles. The Morgan fingerprint density at radius 1 is 0.641 bits per heavy atom. The third-order valence-electron chi connectivity index (χ3n) is 9.70. The van der Waals surface area contributed by atoms with Crippen molar-refractivity contribution in [3.8, 4) is 11.5 Å². The molecule has 0 radical (unpaired) electrons. The summed E-state index contributed by atoms with van der Waals surface area (Å²) < 4.78 is 19.7. The third-order valence-corrected chi connectivity index (χ3v) is 9.70. The van der Waals surface area contributed by atoms with E-state index in [9.17, 15) is 0 Å². The Morgan fingerprint density at radius 3 is 1.85 bits per heavy atom. The van der Waals surface area contributed by atoms with Crippen LogP contribution in [0.2, 0.25) is 0 Å². The maximum atomic E-state index is 6.57. The number of benzene rings is 4. The van der Waals surface area contributed by atoms with Crippen LogP contribution in [0.3, 0.4) is 0 Å². The van der Waals surface area contributed by atoms with E-state index >= 15 is 0 Å². The van der Waals surface area contributed by atoms with E-state index in [0.717, 1.165) is 24.3 Å². The number of hydrogen-bond donors (Lipinski definition) is 0. The molecule has 0 atom stereocenters. The topological polar surface area (TPSA) is 27.7 Å². The van der Waals surface area contributed by atoms with Gasteiger partial charge in [0.05, 0.1) is 16.6 Å². The number of allylic oxidation sites excluding steroid dienone is 4. The first-order chi connectivity index (χ1) is 18.8. The van der Waals surface area contributed by atoms with Crippen molar-refractivity contribution in [2.75, 3.05) is 0 Å². The van der Waals surface area contributed by atoms with Crippen molar-refractivity contribution in [3.05, 3.63) is 124 Å². The molecule has 4 aromatic carbocycles. The van der Waals surface area contributed by atoms with Gasteiger partial charge in [-0.15, -0.1) is 0 Å². The van der Waals surface area contributed by atoms with Crippen LogP contribution >= 0.6 is 0 Å². The normalized spacial score (nSPS) is 21.2. The summed E-state index contributed by atoms with van der Waals surface area (Å²) in [6.07, 6.45) is 4.27. The van der Waals surface area contributed by atoms with Gasteiger partial charge in [0.15, 0.2) is 0 Å². The number of hydrogen-bond acceptors (Lipinski definition) is 3. The molecule has 4 aromatic rings. The second kappa shape index (κ2) is 7.75. The highest BCUT2D eigenvalue weighted by atomic mass is 16.7. The molecular weight excluding hydrogens is 479 g/mol. The highest BCUT2D eigenvalue weighted by molar-refractivity contribution is 6.54. The summed E-state index contributed by atoms with van der Waals surface area (Å²) in [5, 5.41) is 2.53. The minimum absolute atomic E-state index is 0.353. The molecule has 0 bridgehead atoms. The van der Waals surface area contributed by atoms with Crippen LogP contribution in [-0.4, -0.2) is 18.3 Å². The van der Waals surface area contributed by atoms with E-state index in [1.807, 2.05) is 0 Å². The summed E-state index contributed by atoms with van der Waals surface area (Å²) in [6, 6.07) is 30.7. The Balaban J connectivity index is 1.44. The molecule has 2 heterocycles. The summed E-state index contributed by atoms with van der Waals surface area (Å²) >= 11 is 0. The lowest BCUT2D eigenvalue weighted by Gasteiger charge is -2.40. The Hall–Kier alpha value is -3.60. The summed E-state index contributed by atoms with van der Waals surface area (Å²) in [7, 11) is -0.353. The molecule has 4 aliphatic rings. The molecular formula is C35H31BO3. The van der Waals surface area contributed by atoms with Crippen LogP contribution in [0.5, 0.6) is 11.5 Å². The Morgan fingerprint density at radius 2 is 1.21 bits per heavy atom. The van der Waals surface area contributed by atoms with E-state index < -0.39 is 5.41 Å². The second-order valence-electron chi connectivity index (χ2n) is 12.3. The first kappa shape index (κ1) is 23.3. The number of fused-ring (bicyclic) bond motifs is 9.